The number of rotatable bonds is 9. The maximum atomic E-state index is 13.7. The fraction of sp³-hybridized carbons (Fsp3) is 0.208. The third kappa shape index (κ3) is 4.75. The first kappa shape index (κ1) is 24.8. The Morgan fingerprint density at radius 2 is 1.61 bits per heavy atom. The predicted octanol–water partition coefficient (Wildman–Crippen LogP) is 3.18. The Hall–Kier alpha value is -4.45. The van der Waals surface area contributed by atoms with E-state index in [4.69, 9.17) is 5.11 Å². The minimum absolute atomic E-state index is 0.0516. The van der Waals surface area contributed by atoms with Gasteiger partial charge in [-0.25, -0.2) is 14.4 Å². The summed E-state index contributed by atoms with van der Waals surface area (Å²) in [5, 5.41) is 19.6. The largest absolute Gasteiger partial charge is 0.507 e. The third-order valence-corrected chi connectivity index (χ3v) is 5.07. The molecule has 0 aromatic heterocycles. The third-order valence-electron chi connectivity index (χ3n) is 5.07. The van der Waals surface area contributed by atoms with Crippen LogP contribution in [0.5, 0.6) is 5.75 Å². The molecule has 0 heterocycles. The van der Waals surface area contributed by atoms with E-state index in [-0.39, 0.29) is 40.0 Å². The van der Waals surface area contributed by atoms with E-state index in [1.165, 1.54) is 55.5 Å². The average molecular weight is 448 g/mol. The number of aliphatic carboxylic acids is 1. The maximum Gasteiger partial charge on any atom is 0.331 e. The van der Waals surface area contributed by atoms with Gasteiger partial charge in [-0.2, -0.15) is 9.98 Å². The van der Waals surface area contributed by atoms with Crippen LogP contribution in [-0.4, -0.2) is 39.9 Å². The van der Waals surface area contributed by atoms with Crippen molar-refractivity contribution >= 4 is 29.7 Å². The van der Waals surface area contributed by atoms with Gasteiger partial charge in [-0.1, -0.05) is 43.3 Å². The van der Waals surface area contributed by atoms with E-state index in [9.17, 15) is 29.1 Å². The highest BCUT2D eigenvalue weighted by molar-refractivity contribution is 6.17. The number of carbonyl (C=O) groups is 3. The van der Waals surface area contributed by atoms with Gasteiger partial charge < -0.3 is 10.2 Å². The molecule has 33 heavy (non-hydrogen) atoms. The molecule has 9 nitrogen and oxygen atoms in total. The van der Waals surface area contributed by atoms with Crippen LogP contribution >= 0.6 is 0 Å². The van der Waals surface area contributed by atoms with Crippen molar-refractivity contribution in [2.24, 2.45) is 9.98 Å². The molecule has 0 aliphatic rings. The number of allylic oxidation sites excluding steroid dienone is 1. The lowest BCUT2D eigenvalue weighted by atomic mass is 9.84. The number of Topliss-reactive ketones (excluding diaryl/α,β-unsaturated/α-hetero) is 1. The number of phenols is 1. The second-order valence-corrected chi connectivity index (χ2v) is 7.06. The van der Waals surface area contributed by atoms with Crippen LogP contribution in [0, 0.1) is 6.92 Å². The van der Waals surface area contributed by atoms with Crippen LogP contribution in [0.15, 0.2) is 58.0 Å². The number of isocyanates is 2. The van der Waals surface area contributed by atoms with Crippen LogP contribution < -0.4 is 0 Å². The molecule has 168 valence electrons. The first-order valence-electron chi connectivity index (χ1n) is 9.74. The van der Waals surface area contributed by atoms with Crippen molar-refractivity contribution in [2.75, 3.05) is 0 Å². The number of aromatic hydroxyl groups is 1. The monoisotopic (exact) mass is 448 g/mol. The zero-order valence-electron chi connectivity index (χ0n) is 18.1. The zero-order chi connectivity index (χ0) is 24.8. The highest BCUT2D eigenvalue weighted by Crippen LogP contribution is 2.39. The zero-order valence-corrected chi connectivity index (χ0v) is 18.1. The molecule has 2 rings (SSSR count). The standard InChI is InChI=1S/C24H20N2O7/c1-4-16-19(10-9-14(2)21(16)30)24(25-12-27,26-13-28)22(31)18-8-6-5-7-17(18)20(29)11-15(3)23(32)33/h5-11,30H,4H2,1-3H3,(H,32,33). The SMILES string of the molecule is CCc1c(C(N=C=O)(N=C=O)C(=O)c2ccccc2C(=O)C=C(C)C(=O)O)ccc(C)c1O. The molecule has 2 aromatic carbocycles. The van der Waals surface area contributed by atoms with E-state index in [0.29, 0.717) is 5.56 Å². The van der Waals surface area contributed by atoms with Gasteiger partial charge in [0.15, 0.2) is 5.78 Å². The first-order chi connectivity index (χ1) is 15.6. The van der Waals surface area contributed by atoms with Gasteiger partial charge in [-0.05, 0) is 31.9 Å². The van der Waals surface area contributed by atoms with E-state index in [1.807, 2.05) is 0 Å². The van der Waals surface area contributed by atoms with E-state index in [0.717, 1.165) is 6.08 Å². The normalized spacial score (nSPS) is 12.6. The molecule has 0 aliphatic carbocycles. The predicted molar refractivity (Wildman–Crippen MR) is 117 cm³/mol. The van der Waals surface area contributed by atoms with Gasteiger partial charge in [-0.15, -0.1) is 0 Å². The molecule has 0 saturated carbocycles. The second kappa shape index (κ2) is 10.2. The lowest BCUT2D eigenvalue weighted by Crippen LogP contribution is -2.34. The Morgan fingerprint density at radius 3 is 2.12 bits per heavy atom. The number of hydrogen-bond donors (Lipinski definition) is 2. The van der Waals surface area contributed by atoms with Gasteiger partial charge in [0.25, 0.3) is 5.66 Å². The van der Waals surface area contributed by atoms with Gasteiger partial charge >= 0.3 is 5.97 Å². The van der Waals surface area contributed by atoms with Crippen LogP contribution in [-0.2, 0) is 26.5 Å². The van der Waals surface area contributed by atoms with E-state index < -0.39 is 23.2 Å². The molecule has 2 N–H and O–H groups in total. The van der Waals surface area contributed by atoms with Crippen LogP contribution in [0.1, 0.15) is 51.3 Å². The molecule has 0 unspecified atom stereocenters. The number of carboxylic acids is 1. The first-order valence-corrected chi connectivity index (χ1v) is 9.74. The van der Waals surface area contributed by atoms with Crippen molar-refractivity contribution in [2.45, 2.75) is 32.9 Å². The number of carboxylic acid groups (broad SMARTS) is 1. The van der Waals surface area contributed by atoms with Crippen molar-refractivity contribution in [3.8, 4) is 5.75 Å². The number of phenolic OH excluding ortho intramolecular Hbond substituents is 1. The summed E-state index contributed by atoms with van der Waals surface area (Å²) in [7, 11) is 0. The topological polar surface area (TPSA) is 151 Å². The number of hydrogen-bond acceptors (Lipinski definition) is 8. The lowest BCUT2D eigenvalue weighted by Gasteiger charge is -2.25. The summed E-state index contributed by atoms with van der Waals surface area (Å²) in [6.07, 6.45) is 3.54. The van der Waals surface area contributed by atoms with Crippen molar-refractivity contribution in [3.05, 3.63) is 75.9 Å². The number of ketones is 2. The van der Waals surface area contributed by atoms with Gasteiger partial charge in [-0.3, -0.25) is 9.59 Å². The molecule has 0 saturated heterocycles. The number of benzene rings is 2. The Labute approximate surface area is 188 Å². The average Bonchev–Trinajstić information content (AvgIpc) is 2.79. The molecule has 0 radical (unpaired) electrons. The summed E-state index contributed by atoms with van der Waals surface area (Å²) in [4.78, 5) is 67.4. The van der Waals surface area contributed by atoms with Crippen molar-refractivity contribution in [3.63, 3.8) is 0 Å². The molecular weight excluding hydrogens is 428 g/mol. The van der Waals surface area contributed by atoms with Gasteiger partial charge in [0.05, 0.1) is 0 Å². The molecule has 0 aliphatic heterocycles. The van der Waals surface area contributed by atoms with Crippen molar-refractivity contribution in [1.82, 2.24) is 0 Å². The Balaban J connectivity index is 2.88. The Morgan fingerprint density at radius 1 is 1.03 bits per heavy atom. The summed E-state index contributed by atoms with van der Waals surface area (Å²) in [5.41, 5.74) is -2.58. The maximum absolute atomic E-state index is 13.7. The van der Waals surface area contributed by atoms with E-state index in [2.05, 4.69) is 9.98 Å². The highest BCUT2D eigenvalue weighted by atomic mass is 16.4. The molecule has 0 spiro atoms. The molecule has 0 fully saturated rings. The molecule has 0 atom stereocenters. The molecule has 2 aromatic rings. The van der Waals surface area contributed by atoms with Crippen LogP contribution in [0.4, 0.5) is 0 Å². The minimum atomic E-state index is -2.50. The van der Waals surface area contributed by atoms with Crippen molar-refractivity contribution in [1.29, 1.82) is 0 Å². The second-order valence-electron chi connectivity index (χ2n) is 7.06. The number of aryl methyl sites for hydroxylation is 1. The smallest absolute Gasteiger partial charge is 0.331 e. The van der Waals surface area contributed by atoms with E-state index >= 15 is 0 Å². The number of nitrogens with zero attached hydrogens (tertiary/aromatic N) is 2. The fourth-order valence-electron chi connectivity index (χ4n) is 3.36. The number of carbonyl (C=O) groups excluding carboxylic acids is 4. The molecule has 0 bridgehead atoms. The Bertz CT molecular complexity index is 1250. The van der Waals surface area contributed by atoms with Crippen LogP contribution in [0.2, 0.25) is 0 Å². The minimum Gasteiger partial charge on any atom is -0.507 e. The van der Waals surface area contributed by atoms with Crippen LogP contribution in [0.25, 0.3) is 0 Å². The van der Waals surface area contributed by atoms with Crippen molar-refractivity contribution < 1.29 is 34.2 Å². The summed E-state index contributed by atoms with van der Waals surface area (Å²) in [6, 6.07) is 8.29. The van der Waals surface area contributed by atoms with E-state index in [1.54, 1.807) is 13.8 Å². The van der Waals surface area contributed by atoms with Gasteiger partial charge in [0.2, 0.25) is 17.9 Å². The van der Waals surface area contributed by atoms with Gasteiger partial charge in [0, 0.05) is 27.8 Å². The number of aliphatic imine (C=N–C) groups is 2. The van der Waals surface area contributed by atoms with Crippen LogP contribution in [0.3, 0.4) is 0 Å². The Kier molecular flexibility index (Phi) is 7.70. The quantitative estimate of drug-likeness (QED) is 0.259. The van der Waals surface area contributed by atoms with Gasteiger partial charge in [0.1, 0.15) is 5.75 Å². The fourth-order valence-corrected chi connectivity index (χ4v) is 3.36. The lowest BCUT2D eigenvalue weighted by molar-refractivity contribution is -0.132. The summed E-state index contributed by atoms with van der Waals surface area (Å²) >= 11 is 0. The summed E-state index contributed by atoms with van der Waals surface area (Å²) in [6.45, 7) is 4.52. The molecule has 0 amide bonds. The summed E-state index contributed by atoms with van der Waals surface area (Å²) in [5.74, 6) is -3.31. The molecule has 9 heteroatoms. The summed E-state index contributed by atoms with van der Waals surface area (Å²) < 4.78 is 0. The molecular formula is C24H20N2O7. The highest BCUT2D eigenvalue weighted by Gasteiger charge is 2.44.